The molecule has 1 atom stereocenters. The average Bonchev–Trinajstić information content (AvgIpc) is 2.20. The highest BCUT2D eigenvalue weighted by Gasteiger charge is 2.28. The summed E-state index contributed by atoms with van der Waals surface area (Å²) in [5, 5.41) is 0. The Morgan fingerprint density at radius 3 is 2.61 bits per heavy atom. The van der Waals surface area contributed by atoms with Crippen molar-refractivity contribution >= 4 is 27.0 Å². The third-order valence-electron chi connectivity index (χ3n) is 3.72. The van der Waals surface area contributed by atoms with E-state index in [0.29, 0.717) is 11.5 Å². The quantitative estimate of drug-likeness (QED) is 0.771. The van der Waals surface area contributed by atoms with Crippen LogP contribution in [-0.4, -0.2) is 48.9 Å². The molecular weight excluding hydrogens is 268 g/mol. The molecule has 6 heteroatoms. The zero-order valence-electron chi connectivity index (χ0n) is 11.5. The summed E-state index contributed by atoms with van der Waals surface area (Å²) in [6.07, 6.45) is 1.94. The monoisotopic (exact) mass is 292 g/mol. The van der Waals surface area contributed by atoms with Crippen LogP contribution in [0.5, 0.6) is 0 Å². The molecule has 0 aromatic rings. The van der Waals surface area contributed by atoms with Gasteiger partial charge in [0.15, 0.2) is 9.84 Å². The third kappa shape index (κ3) is 4.48. The maximum absolute atomic E-state index is 11.5. The number of thiocarbonyl (C=S) groups is 1. The van der Waals surface area contributed by atoms with Gasteiger partial charge in [-0.05, 0) is 26.3 Å². The van der Waals surface area contributed by atoms with Crippen molar-refractivity contribution in [2.75, 3.05) is 24.6 Å². The van der Waals surface area contributed by atoms with Crippen LogP contribution in [0.2, 0.25) is 0 Å². The van der Waals surface area contributed by atoms with Crippen LogP contribution >= 0.6 is 12.2 Å². The molecule has 0 aromatic carbocycles. The predicted octanol–water partition coefficient (Wildman–Crippen LogP) is 1.20. The molecule has 4 nitrogen and oxygen atoms in total. The standard InChI is InChI=1S/C12H24N2O2S2/c1-10-9-18(15,16)8-7-14(10)6-4-5-12(2,3)11(13)17/h10H,4-9H2,1-3H3,(H2,13,17). The fraction of sp³-hybridized carbons (Fsp3) is 0.917. The van der Waals surface area contributed by atoms with Crippen LogP contribution < -0.4 is 5.73 Å². The fourth-order valence-electron chi connectivity index (χ4n) is 2.21. The van der Waals surface area contributed by atoms with Crippen LogP contribution in [0.25, 0.3) is 0 Å². The van der Waals surface area contributed by atoms with Gasteiger partial charge in [-0.3, -0.25) is 4.90 Å². The molecule has 0 radical (unpaired) electrons. The van der Waals surface area contributed by atoms with Crippen molar-refractivity contribution in [1.82, 2.24) is 4.90 Å². The van der Waals surface area contributed by atoms with Crippen molar-refractivity contribution in [3.8, 4) is 0 Å². The highest BCUT2D eigenvalue weighted by atomic mass is 32.2. The number of sulfone groups is 1. The highest BCUT2D eigenvalue weighted by molar-refractivity contribution is 7.91. The highest BCUT2D eigenvalue weighted by Crippen LogP contribution is 2.23. The van der Waals surface area contributed by atoms with Crippen molar-refractivity contribution < 1.29 is 8.42 Å². The Morgan fingerprint density at radius 2 is 2.11 bits per heavy atom. The van der Waals surface area contributed by atoms with E-state index in [1.54, 1.807) is 0 Å². The van der Waals surface area contributed by atoms with E-state index in [4.69, 9.17) is 18.0 Å². The lowest BCUT2D eigenvalue weighted by Crippen LogP contribution is -2.47. The van der Waals surface area contributed by atoms with Gasteiger partial charge in [0.1, 0.15) is 0 Å². The van der Waals surface area contributed by atoms with E-state index in [-0.39, 0.29) is 23.0 Å². The summed E-state index contributed by atoms with van der Waals surface area (Å²) in [4.78, 5) is 2.80. The molecule has 1 rings (SSSR count). The number of hydrogen-bond donors (Lipinski definition) is 1. The molecule has 106 valence electrons. The Hall–Kier alpha value is -0.200. The van der Waals surface area contributed by atoms with Crippen LogP contribution in [0.4, 0.5) is 0 Å². The number of rotatable bonds is 5. The Bertz CT molecular complexity index is 404. The van der Waals surface area contributed by atoms with E-state index >= 15 is 0 Å². The van der Waals surface area contributed by atoms with Crippen molar-refractivity contribution in [2.45, 2.75) is 39.7 Å². The van der Waals surface area contributed by atoms with Gasteiger partial charge in [0.2, 0.25) is 0 Å². The zero-order chi connectivity index (χ0) is 14.0. The maximum atomic E-state index is 11.5. The third-order valence-corrected chi connectivity index (χ3v) is 6.07. The van der Waals surface area contributed by atoms with Gasteiger partial charge in [-0.2, -0.15) is 0 Å². The van der Waals surface area contributed by atoms with Gasteiger partial charge in [-0.1, -0.05) is 26.1 Å². The topological polar surface area (TPSA) is 63.4 Å². The second-order valence-electron chi connectivity index (χ2n) is 5.85. The summed E-state index contributed by atoms with van der Waals surface area (Å²) < 4.78 is 22.9. The van der Waals surface area contributed by atoms with Crippen molar-refractivity contribution in [1.29, 1.82) is 0 Å². The van der Waals surface area contributed by atoms with E-state index < -0.39 is 9.84 Å². The molecule has 1 aliphatic rings. The van der Waals surface area contributed by atoms with Crippen LogP contribution in [-0.2, 0) is 9.84 Å². The Kier molecular flexibility index (Phi) is 5.14. The zero-order valence-corrected chi connectivity index (χ0v) is 13.1. The molecule has 1 unspecified atom stereocenters. The lowest BCUT2D eigenvalue weighted by molar-refractivity contribution is 0.215. The van der Waals surface area contributed by atoms with E-state index in [9.17, 15) is 8.42 Å². The van der Waals surface area contributed by atoms with Crippen molar-refractivity contribution in [3.05, 3.63) is 0 Å². The molecule has 0 aromatic heterocycles. The number of hydrogen-bond acceptors (Lipinski definition) is 4. The molecule has 0 saturated carbocycles. The molecule has 1 fully saturated rings. The van der Waals surface area contributed by atoms with Gasteiger partial charge in [-0.15, -0.1) is 0 Å². The van der Waals surface area contributed by atoms with Crippen molar-refractivity contribution in [3.63, 3.8) is 0 Å². The first-order valence-corrected chi connectivity index (χ1v) is 8.61. The minimum Gasteiger partial charge on any atom is -0.393 e. The fourth-order valence-corrected chi connectivity index (χ4v) is 3.94. The van der Waals surface area contributed by atoms with Crippen LogP contribution in [0, 0.1) is 5.41 Å². The van der Waals surface area contributed by atoms with Crippen LogP contribution in [0.1, 0.15) is 33.6 Å². The van der Waals surface area contributed by atoms with Gasteiger partial charge in [0.05, 0.1) is 16.5 Å². The molecule has 2 N–H and O–H groups in total. The summed E-state index contributed by atoms with van der Waals surface area (Å²) in [7, 11) is -2.81. The molecule has 0 spiro atoms. The minimum absolute atomic E-state index is 0.111. The SMILES string of the molecule is CC1CS(=O)(=O)CCN1CCCC(C)(C)C(N)=S. The first-order chi connectivity index (χ1) is 8.14. The van der Waals surface area contributed by atoms with Crippen LogP contribution in [0.15, 0.2) is 0 Å². The maximum Gasteiger partial charge on any atom is 0.153 e. The molecule has 0 amide bonds. The normalized spacial score (nSPS) is 24.9. The average molecular weight is 292 g/mol. The van der Waals surface area contributed by atoms with E-state index in [1.165, 1.54) is 0 Å². The minimum atomic E-state index is -2.81. The van der Waals surface area contributed by atoms with Gasteiger partial charge in [0, 0.05) is 18.0 Å². The first kappa shape index (κ1) is 15.9. The lowest BCUT2D eigenvalue weighted by Gasteiger charge is -2.34. The lowest BCUT2D eigenvalue weighted by atomic mass is 9.88. The Morgan fingerprint density at radius 1 is 1.50 bits per heavy atom. The summed E-state index contributed by atoms with van der Waals surface area (Å²) in [5.74, 6) is 0.571. The largest absolute Gasteiger partial charge is 0.393 e. The second kappa shape index (κ2) is 5.84. The molecule has 1 heterocycles. The van der Waals surface area contributed by atoms with Gasteiger partial charge in [-0.25, -0.2) is 8.42 Å². The van der Waals surface area contributed by atoms with Crippen molar-refractivity contribution in [2.24, 2.45) is 11.1 Å². The summed E-state index contributed by atoms with van der Waals surface area (Å²) in [6.45, 7) is 7.66. The van der Waals surface area contributed by atoms with E-state index in [1.807, 2.05) is 6.92 Å². The molecular formula is C12H24N2O2S2. The predicted molar refractivity (Wildman–Crippen MR) is 79.5 cm³/mol. The summed E-state index contributed by atoms with van der Waals surface area (Å²) in [5.41, 5.74) is 5.58. The molecule has 0 aliphatic carbocycles. The summed E-state index contributed by atoms with van der Waals surface area (Å²) >= 11 is 5.04. The van der Waals surface area contributed by atoms with Crippen LogP contribution in [0.3, 0.4) is 0 Å². The Balaban J connectivity index is 2.39. The van der Waals surface area contributed by atoms with E-state index in [0.717, 1.165) is 19.4 Å². The molecule has 18 heavy (non-hydrogen) atoms. The molecule has 1 saturated heterocycles. The van der Waals surface area contributed by atoms with Gasteiger partial charge < -0.3 is 5.73 Å². The van der Waals surface area contributed by atoms with Gasteiger partial charge >= 0.3 is 0 Å². The molecule has 0 bridgehead atoms. The first-order valence-electron chi connectivity index (χ1n) is 6.38. The smallest absolute Gasteiger partial charge is 0.153 e. The Labute approximate surface area is 116 Å². The summed E-state index contributed by atoms with van der Waals surface area (Å²) in [6, 6.07) is 0.122. The van der Waals surface area contributed by atoms with E-state index in [2.05, 4.69) is 18.7 Å². The van der Waals surface area contributed by atoms with Gasteiger partial charge in [0.25, 0.3) is 0 Å². The molecule has 1 aliphatic heterocycles. The second-order valence-corrected chi connectivity index (χ2v) is 8.52. The number of nitrogens with zero attached hydrogens (tertiary/aromatic N) is 1. The number of nitrogens with two attached hydrogens (primary N) is 1.